The molecule has 0 saturated heterocycles. The van der Waals surface area contributed by atoms with Crippen LogP contribution in [0.2, 0.25) is 0 Å². The molecule has 1 N–H and O–H groups in total. The van der Waals surface area contributed by atoms with Crippen LogP contribution in [-0.4, -0.2) is 12.5 Å². The first kappa shape index (κ1) is 23.4. The van der Waals surface area contributed by atoms with Crippen molar-refractivity contribution in [3.63, 3.8) is 0 Å². The van der Waals surface area contributed by atoms with Crippen LogP contribution in [0.5, 0.6) is 11.5 Å². The molecule has 3 aromatic carbocycles. The zero-order valence-corrected chi connectivity index (χ0v) is 20.9. The number of hydrogen-bond donors (Lipinski definition) is 1. The fourth-order valence-electron chi connectivity index (χ4n) is 3.15. The van der Waals surface area contributed by atoms with Crippen molar-refractivity contribution in [2.24, 2.45) is 0 Å². The van der Waals surface area contributed by atoms with Gasteiger partial charge in [0.15, 0.2) is 11.5 Å². The van der Waals surface area contributed by atoms with Crippen molar-refractivity contribution in [3.05, 3.63) is 86.3 Å². The molecule has 0 atom stereocenters. The van der Waals surface area contributed by atoms with E-state index >= 15 is 0 Å². The van der Waals surface area contributed by atoms with Crippen LogP contribution in [0.25, 0.3) is 0 Å². The van der Waals surface area contributed by atoms with Crippen molar-refractivity contribution in [3.8, 4) is 11.5 Å². The van der Waals surface area contributed by atoms with E-state index in [1.54, 1.807) is 12.1 Å². The Bertz CT molecular complexity index is 1050. The van der Waals surface area contributed by atoms with Gasteiger partial charge in [-0.05, 0) is 70.2 Å². The minimum atomic E-state index is -0.208. The molecule has 3 rings (SSSR count). The third kappa shape index (κ3) is 6.11. The second-order valence-corrected chi connectivity index (χ2v) is 9.10. The van der Waals surface area contributed by atoms with Crippen molar-refractivity contribution in [1.82, 2.24) is 0 Å². The maximum atomic E-state index is 13.0. The summed E-state index contributed by atoms with van der Waals surface area (Å²) in [6, 6.07) is 19.2. The number of amides is 1. The van der Waals surface area contributed by atoms with Gasteiger partial charge in [0.2, 0.25) is 0 Å². The fourth-order valence-corrected chi connectivity index (χ4v) is 4.09. The lowest BCUT2D eigenvalue weighted by molar-refractivity contribution is 0.102. The normalized spacial score (nSPS) is 10.8. The van der Waals surface area contributed by atoms with E-state index in [1.807, 2.05) is 55.5 Å². The van der Waals surface area contributed by atoms with Gasteiger partial charge in [-0.25, -0.2) is 0 Å². The minimum Gasteiger partial charge on any atom is -0.490 e. The highest BCUT2D eigenvalue weighted by atomic mass is 79.9. The fraction of sp³-hybridized carbons (Fsp3) is 0.240. The number of carbonyl (C=O) groups is 1. The van der Waals surface area contributed by atoms with Gasteiger partial charge >= 0.3 is 0 Å². The molecule has 4 nitrogen and oxygen atoms in total. The topological polar surface area (TPSA) is 47.6 Å². The average molecular weight is 547 g/mol. The van der Waals surface area contributed by atoms with E-state index in [0.717, 1.165) is 21.3 Å². The second-order valence-electron chi connectivity index (χ2n) is 7.33. The van der Waals surface area contributed by atoms with E-state index < -0.39 is 0 Å². The highest BCUT2D eigenvalue weighted by Gasteiger charge is 2.18. The Morgan fingerprint density at radius 1 is 1.00 bits per heavy atom. The lowest BCUT2D eigenvalue weighted by atomic mass is 10.0. The van der Waals surface area contributed by atoms with Gasteiger partial charge in [0.1, 0.15) is 6.61 Å². The zero-order valence-electron chi connectivity index (χ0n) is 17.7. The molecule has 0 aliphatic rings. The molecule has 0 aliphatic carbocycles. The van der Waals surface area contributed by atoms with Gasteiger partial charge in [0.05, 0.1) is 11.1 Å². The number of halogens is 2. The lowest BCUT2D eigenvalue weighted by Crippen LogP contribution is -2.14. The van der Waals surface area contributed by atoms with E-state index in [-0.39, 0.29) is 11.8 Å². The van der Waals surface area contributed by atoms with Crippen molar-refractivity contribution in [2.45, 2.75) is 33.3 Å². The smallest absolute Gasteiger partial charge is 0.255 e. The number of rotatable bonds is 8. The summed E-state index contributed by atoms with van der Waals surface area (Å²) in [5.74, 6) is 1.17. The Balaban J connectivity index is 1.85. The predicted octanol–water partition coefficient (Wildman–Crippen LogP) is 7.57. The van der Waals surface area contributed by atoms with Crippen LogP contribution in [0, 0.1) is 0 Å². The van der Waals surface area contributed by atoms with Crippen molar-refractivity contribution in [2.75, 3.05) is 11.9 Å². The third-order valence-corrected chi connectivity index (χ3v) is 5.76. The molecule has 0 spiro atoms. The van der Waals surface area contributed by atoms with Gasteiger partial charge in [-0.2, -0.15) is 0 Å². The van der Waals surface area contributed by atoms with Crippen molar-refractivity contribution >= 4 is 43.5 Å². The molecule has 0 aliphatic heterocycles. The highest BCUT2D eigenvalue weighted by molar-refractivity contribution is 9.10. The number of carbonyl (C=O) groups excluding carboxylic acids is 1. The summed E-state index contributed by atoms with van der Waals surface area (Å²) in [6.07, 6.45) is 0. The summed E-state index contributed by atoms with van der Waals surface area (Å²) >= 11 is 7.05. The quantitative estimate of drug-likeness (QED) is 0.317. The highest BCUT2D eigenvalue weighted by Crippen LogP contribution is 2.38. The first-order chi connectivity index (χ1) is 14.9. The molecule has 0 bridgehead atoms. The standard InChI is InChI=1S/C25H25Br2NO3/c1-4-30-23-13-18(12-21(27)24(23)31-15-17-8-6-5-7-9-17)25(29)28-22-11-10-19(26)14-20(22)16(2)3/h5-14,16H,4,15H2,1-3H3,(H,28,29). The zero-order chi connectivity index (χ0) is 22.4. The van der Waals surface area contributed by atoms with E-state index in [2.05, 4.69) is 51.0 Å². The summed E-state index contributed by atoms with van der Waals surface area (Å²) in [4.78, 5) is 13.0. The average Bonchev–Trinajstić information content (AvgIpc) is 2.75. The number of ether oxygens (including phenoxy) is 2. The molecule has 1 amide bonds. The Morgan fingerprint density at radius 3 is 2.42 bits per heavy atom. The Kier molecular flexibility index (Phi) is 8.15. The van der Waals surface area contributed by atoms with Crippen LogP contribution in [0.3, 0.4) is 0 Å². The molecule has 0 radical (unpaired) electrons. The minimum absolute atomic E-state index is 0.208. The molecule has 0 saturated carbocycles. The maximum Gasteiger partial charge on any atom is 0.255 e. The maximum absolute atomic E-state index is 13.0. The van der Waals surface area contributed by atoms with Crippen LogP contribution in [-0.2, 0) is 6.61 Å². The van der Waals surface area contributed by atoms with Gasteiger partial charge < -0.3 is 14.8 Å². The summed E-state index contributed by atoms with van der Waals surface area (Å²) < 4.78 is 13.4. The monoisotopic (exact) mass is 545 g/mol. The number of anilines is 1. The molecule has 162 valence electrons. The molecule has 0 aromatic heterocycles. The van der Waals surface area contributed by atoms with Crippen LogP contribution < -0.4 is 14.8 Å². The Hall–Kier alpha value is -2.31. The van der Waals surface area contributed by atoms with Crippen molar-refractivity contribution in [1.29, 1.82) is 0 Å². The molecule has 31 heavy (non-hydrogen) atoms. The van der Waals surface area contributed by atoms with Gasteiger partial charge in [-0.1, -0.05) is 60.1 Å². The first-order valence-electron chi connectivity index (χ1n) is 10.1. The van der Waals surface area contributed by atoms with E-state index in [4.69, 9.17) is 9.47 Å². The summed E-state index contributed by atoms with van der Waals surface area (Å²) in [7, 11) is 0. The van der Waals surface area contributed by atoms with Gasteiger partial charge in [0.25, 0.3) is 5.91 Å². The lowest BCUT2D eigenvalue weighted by Gasteiger charge is -2.17. The van der Waals surface area contributed by atoms with Crippen LogP contribution >= 0.6 is 31.9 Å². The molecule has 0 fully saturated rings. The Morgan fingerprint density at radius 2 is 1.74 bits per heavy atom. The van der Waals surface area contributed by atoms with Crippen LogP contribution in [0.4, 0.5) is 5.69 Å². The third-order valence-electron chi connectivity index (χ3n) is 4.68. The second kappa shape index (κ2) is 10.8. The van der Waals surface area contributed by atoms with Crippen LogP contribution in [0.1, 0.15) is 48.2 Å². The van der Waals surface area contributed by atoms with Crippen molar-refractivity contribution < 1.29 is 14.3 Å². The molecular formula is C25H25Br2NO3. The number of hydrogen-bond acceptors (Lipinski definition) is 3. The van der Waals surface area contributed by atoms with E-state index in [0.29, 0.717) is 34.7 Å². The van der Waals surface area contributed by atoms with E-state index in [9.17, 15) is 4.79 Å². The summed E-state index contributed by atoms with van der Waals surface area (Å²) in [6.45, 7) is 6.96. The molecule has 0 unspecified atom stereocenters. The summed E-state index contributed by atoms with van der Waals surface area (Å²) in [5, 5.41) is 3.03. The molecule has 3 aromatic rings. The summed E-state index contributed by atoms with van der Waals surface area (Å²) in [5.41, 5.74) is 3.39. The van der Waals surface area contributed by atoms with Gasteiger partial charge in [-0.3, -0.25) is 4.79 Å². The molecular weight excluding hydrogens is 522 g/mol. The van der Waals surface area contributed by atoms with Gasteiger partial charge in [0, 0.05) is 15.7 Å². The Labute approximate surface area is 200 Å². The largest absolute Gasteiger partial charge is 0.490 e. The number of benzene rings is 3. The molecule has 6 heteroatoms. The van der Waals surface area contributed by atoms with Crippen LogP contribution in [0.15, 0.2) is 69.6 Å². The molecule has 0 heterocycles. The van der Waals surface area contributed by atoms with Gasteiger partial charge in [-0.15, -0.1) is 0 Å². The first-order valence-corrected chi connectivity index (χ1v) is 11.7. The SMILES string of the molecule is CCOc1cc(C(=O)Nc2ccc(Br)cc2C(C)C)cc(Br)c1OCc1ccccc1. The van der Waals surface area contributed by atoms with E-state index in [1.165, 1.54) is 0 Å². The predicted molar refractivity (Wildman–Crippen MR) is 132 cm³/mol. The number of nitrogens with one attached hydrogen (secondary N) is 1.